The lowest BCUT2D eigenvalue weighted by molar-refractivity contribution is 0.241. The van der Waals surface area contributed by atoms with Crippen molar-refractivity contribution in [2.24, 2.45) is 0 Å². The number of imidazole rings is 1. The van der Waals surface area contributed by atoms with E-state index in [-0.39, 0.29) is 18.4 Å². The van der Waals surface area contributed by atoms with E-state index < -0.39 is 0 Å². The van der Waals surface area contributed by atoms with Crippen molar-refractivity contribution < 1.29 is 9.18 Å². The quantitative estimate of drug-likeness (QED) is 0.668. The lowest BCUT2D eigenvalue weighted by Crippen LogP contribution is -2.34. The molecule has 2 heterocycles. The Hall–Kier alpha value is -3.22. The van der Waals surface area contributed by atoms with Crippen LogP contribution < -0.4 is 10.6 Å². The van der Waals surface area contributed by atoms with E-state index in [0.717, 1.165) is 0 Å². The number of nitrogens with one attached hydrogen (secondary N) is 3. The van der Waals surface area contributed by atoms with Gasteiger partial charge in [-0.1, -0.05) is 18.2 Å². The Kier molecular flexibility index (Phi) is 5.03. The first-order valence-corrected chi connectivity index (χ1v) is 7.95. The van der Waals surface area contributed by atoms with Crippen molar-refractivity contribution in [3.8, 4) is 22.6 Å². The molecule has 0 saturated heterocycles. The summed E-state index contributed by atoms with van der Waals surface area (Å²) in [6.45, 7) is 2.60. The molecule has 0 radical (unpaired) electrons. The van der Waals surface area contributed by atoms with Gasteiger partial charge in [0.05, 0.1) is 23.6 Å². The van der Waals surface area contributed by atoms with Crippen LogP contribution in [0, 0.1) is 5.82 Å². The third-order valence-corrected chi connectivity index (χ3v) is 3.53. The summed E-state index contributed by atoms with van der Waals surface area (Å²) in [6, 6.07) is 11.5. The van der Waals surface area contributed by atoms with Crippen molar-refractivity contribution in [2.45, 2.75) is 13.5 Å². The fraction of sp³-hybridized carbons (Fsp3) is 0.167. The van der Waals surface area contributed by atoms with Gasteiger partial charge < -0.3 is 15.6 Å². The molecule has 2 aromatic heterocycles. The van der Waals surface area contributed by atoms with Gasteiger partial charge in [0.2, 0.25) is 0 Å². The Morgan fingerprint density at radius 3 is 2.80 bits per heavy atom. The van der Waals surface area contributed by atoms with Gasteiger partial charge in [-0.25, -0.2) is 14.2 Å². The highest BCUT2D eigenvalue weighted by Gasteiger charge is 2.15. The van der Waals surface area contributed by atoms with Crippen molar-refractivity contribution in [3.05, 3.63) is 60.3 Å². The van der Waals surface area contributed by atoms with Crippen molar-refractivity contribution in [3.63, 3.8) is 0 Å². The molecule has 1 aromatic carbocycles. The van der Waals surface area contributed by atoms with Gasteiger partial charge in [0.25, 0.3) is 0 Å². The molecule has 0 aliphatic heterocycles. The van der Waals surface area contributed by atoms with Gasteiger partial charge in [-0.15, -0.1) is 0 Å². The molecular formula is C18H18FN5O. The Morgan fingerprint density at radius 2 is 2.08 bits per heavy atom. The Morgan fingerprint density at radius 1 is 1.20 bits per heavy atom. The van der Waals surface area contributed by atoms with Gasteiger partial charge in [0.1, 0.15) is 11.6 Å². The van der Waals surface area contributed by atoms with Crippen molar-refractivity contribution in [1.29, 1.82) is 0 Å². The molecule has 3 aromatic rings. The van der Waals surface area contributed by atoms with E-state index in [2.05, 4.69) is 25.6 Å². The molecule has 0 saturated carbocycles. The lowest BCUT2D eigenvalue weighted by atomic mass is 10.1. The molecule has 128 valence electrons. The fourth-order valence-corrected chi connectivity index (χ4v) is 2.43. The molecule has 7 heteroatoms. The van der Waals surface area contributed by atoms with Crippen LogP contribution in [-0.2, 0) is 6.54 Å². The van der Waals surface area contributed by atoms with Gasteiger partial charge in [-0.2, -0.15) is 0 Å². The summed E-state index contributed by atoms with van der Waals surface area (Å²) in [4.78, 5) is 23.6. The zero-order valence-corrected chi connectivity index (χ0v) is 13.7. The number of carbonyl (C=O) groups is 1. The highest BCUT2D eigenvalue weighted by molar-refractivity contribution is 5.77. The molecule has 0 unspecified atom stereocenters. The van der Waals surface area contributed by atoms with Crippen LogP contribution in [0.1, 0.15) is 12.7 Å². The maximum atomic E-state index is 13.6. The first-order valence-electron chi connectivity index (χ1n) is 7.95. The van der Waals surface area contributed by atoms with Crippen molar-refractivity contribution in [1.82, 2.24) is 25.6 Å². The van der Waals surface area contributed by atoms with Crippen LogP contribution in [0.4, 0.5) is 9.18 Å². The van der Waals surface area contributed by atoms with Crippen molar-refractivity contribution in [2.75, 3.05) is 6.54 Å². The number of hydrogen-bond acceptors (Lipinski definition) is 3. The van der Waals surface area contributed by atoms with Gasteiger partial charge in [-0.3, -0.25) is 4.98 Å². The number of aromatic nitrogens is 3. The summed E-state index contributed by atoms with van der Waals surface area (Å²) in [5, 5.41) is 5.37. The number of carbonyl (C=O) groups excluding carboxylic acids is 1. The average molecular weight is 339 g/mol. The fourth-order valence-electron chi connectivity index (χ4n) is 2.43. The smallest absolute Gasteiger partial charge is 0.315 e. The first-order chi connectivity index (χ1) is 12.2. The largest absolute Gasteiger partial charge is 0.339 e. The predicted octanol–water partition coefficient (Wildman–Crippen LogP) is 3.10. The summed E-state index contributed by atoms with van der Waals surface area (Å²) < 4.78 is 13.6. The van der Waals surface area contributed by atoms with E-state index in [1.54, 1.807) is 18.3 Å². The third kappa shape index (κ3) is 4.00. The second kappa shape index (κ2) is 7.57. The summed E-state index contributed by atoms with van der Waals surface area (Å²) in [5.41, 5.74) is 2.60. The van der Waals surface area contributed by atoms with E-state index in [9.17, 15) is 9.18 Å². The molecule has 0 aliphatic rings. The van der Waals surface area contributed by atoms with Crippen LogP contribution in [0.15, 0.2) is 48.7 Å². The van der Waals surface area contributed by atoms with E-state index >= 15 is 0 Å². The van der Waals surface area contributed by atoms with E-state index in [1.807, 2.05) is 25.1 Å². The number of aromatic amines is 1. The van der Waals surface area contributed by atoms with E-state index in [1.165, 1.54) is 12.1 Å². The number of hydrogen-bond donors (Lipinski definition) is 3. The minimum Gasteiger partial charge on any atom is -0.339 e. The highest BCUT2D eigenvalue weighted by Crippen LogP contribution is 2.29. The number of halogens is 1. The zero-order valence-electron chi connectivity index (χ0n) is 13.7. The van der Waals surface area contributed by atoms with Crippen LogP contribution in [0.5, 0.6) is 0 Å². The summed E-state index contributed by atoms with van der Waals surface area (Å²) in [7, 11) is 0. The normalized spacial score (nSPS) is 10.5. The molecule has 0 spiro atoms. The topological polar surface area (TPSA) is 82.7 Å². The second-order valence-electron chi connectivity index (χ2n) is 5.35. The monoisotopic (exact) mass is 339 g/mol. The number of pyridine rings is 1. The predicted molar refractivity (Wildman–Crippen MR) is 93.1 cm³/mol. The van der Waals surface area contributed by atoms with Crippen LogP contribution in [0.25, 0.3) is 22.6 Å². The number of amides is 2. The van der Waals surface area contributed by atoms with Crippen LogP contribution in [0.2, 0.25) is 0 Å². The van der Waals surface area contributed by atoms with E-state index in [0.29, 0.717) is 35.0 Å². The first kappa shape index (κ1) is 16.6. The highest BCUT2D eigenvalue weighted by atomic mass is 19.1. The molecule has 2 amide bonds. The number of nitrogens with zero attached hydrogens (tertiary/aromatic N) is 2. The molecule has 0 fully saturated rings. The second-order valence-corrected chi connectivity index (χ2v) is 5.35. The number of rotatable bonds is 5. The minimum absolute atomic E-state index is 0.223. The van der Waals surface area contributed by atoms with Gasteiger partial charge in [0, 0.05) is 18.3 Å². The van der Waals surface area contributed by atoms with Crippen LogP contribution in [-0.4, -0.2) is 27.5 Å². The third-order valence-electron chi connectivity index (χ3n) is 3.53. The maximum Gasteiger partial charge on any atom is 0.315 e. The molecule has 0 atom stereocenters. The molecule has 6 nitrogen and oxygen atoms in total. The zero-order chi connectivity index (χ0) is 17.6. The number of urea groups is 1. The summed E-state index contributed by atoms with van der Waals surface area (Å²) in [6.07, 6.45) is 1.68. The van der Waals surface area contributed by atoms with Crippen LogP contribution in [0.3, 0.4) is 0 Å². The minimum atomic E-state index is -0.338. The van der Waals surface area contributed by atoms with Crippen molar-refractivity contribution >= 4 is 6.03 Å². The average Bonchev–Trinajstić information content (AvgIpc) is 3.05. The molecule has 3 N–H and O–H groups in total. The molecule has 0 bridgehead atoms. The molecule has 0 aliphatic carbocycles. The molecular weight excluding hydrogens is 321 g/mol. The van der Waals surface area contributed by atoms with Gasteiger partial charge in [-0.05, 0) is 31.2 Å². The summed E-state index contributed by atoms with van der Waals surface area (Å²) in [5.74, 6) is 0.223. The van der Waals surface area contributed by atoms with E-state index in [4.69, 9.17) is 0 Å². The van der Waals surface area contributed by atoms with Crippen LogP contribution >= 0.6 is 0 Å². The summed E-state index contributed by atoms with van der Waals surface area (Å²) >= 11 is 0. The van der Waals surface area contributed by atoms with Gasteiger partial charge in [0.15, 0.2) is 0 Å². The molecule has 25 heavy (non-hydrogen) atoms. The Bertz CT molecular complexity index is 863. The maximum absolute atomic E-state index is 13.6. The Labute approximate surface area is 144 Å². The number of H-pyrrole nitrogens is 1. The standard InChI is InChI=1S/C18H18FN5O/c1-2-20-18(25)22-11-15-23-16(12-6-5-7-13(19)10-12)17(24-15)14-8-3-4-9-21-14/h3-10H,2,11H2,1H3,(H,23,24)(H2,20,22,25). The molecule has 3 rings (SSSR count). The number of benzene rings is 1. The SMILES string of the molecule is CCNC(=O)NCc1nc(-c2cccc(F)c2)c(-c2ccccn2)[nH]1. The lowest BCUT2D eigenvalue weighted by Gasteiger charge is -2.03. The van der Waals surface area contributed by atoms with Gasteiger partial charge >= 0.3 is 6.03 Å². The Balaban J connectivity index is 1.96.